The van der Waals surface area contributed by atoms with Crippen molar-refractivity contribution >= 4 is 27.4 Å². The average Bonchev–Trinajstić information content (AvgIpc) is 2.74. The van der Waals surface area contributed by atoms with Gasteiger partial charge in [-0.3, -0.25) is 4.90 Å². The number of fused-ring (bicyclic) bond motifs is 1. The summed E-state index contributed by atoms with van der Waals surface area (Å²) in [6, 6.07) is 0. The zero-order chi connectivity index (χ0) is 15.4. The fourth-order valence-electron chi connectivity index (χ4n) is 2.35. The van der Waals surface area contributed by atoms with Crippen molar-refractivity contribution in [2.24, 2.45) is 0 Å². The molecule has 0 aliphatic heterocycles. The molecular weight excluding hydrogens is 284 g/mol. The Kier molecular flexibility index (Phi) is 5.50. The fourth-order valence-corrected chi connectivity index (χ4v) is 3.40. The summed E-state index contributed by atoms with van der Waals surface area (Å²) in [6.45, 7) is 11.6. The molecule has 0 spiro atoms. The maximum absolute atomic E-state index is 9.10. The molecule has 5 nitrogen and oxygen atoms in total. The lowest BCUT2D eigenvalue weighted by Crippen LogP contribution is -2.27. The van der Waals surface area contributed by atoms with Crippen LogP contribution in [0.25, 0.3) is 10.2 Å². The Hall–Kier alpha value is -1.24. The highest BCUT2D eigenvalue weighted by atomic mass is 32.1. The SMILES string of the molecule is CCNc1nc(CN(CC)CCO)nc2sc(C)c(C)c12. The molecule has 0 saturated carbocycles. The maximum atomic E-state index is 9.10. The summed E-state index contributed by atoms with van der Waals surface area (Å²) < 4.78 is 0. The smallest absolute Gasteiger partial charge is 0.146 e. The van der Waals surface area contributed by atoms with E-state index in [0.717, 1.165) is 34.9 Å². The summed E-state index contributed by atoms with van der Waals surface area (Å²) in [5, 5.41) is 13.6. The van der Waals surface area contributed by atoms with Crippen LogP contribution in [0.4, 0.5) is 5.82 Å². The van der Waals surface area contributed by atoms with Crippen molar-refractivity contribution in [1.82, 2.24) is 14.9 Å². The summed E-state index contributed by atoms with van der Waals surface area (Å²) in [4.78, 5) is 13.9. The second-order valence-corrected chi connectivity index (χ2v) is 6.28. The van der Waals surface area contributed by atoms with Crippen LogP contribution in [0.5, 0.6) is 0 Å². The standard InChI is InChI=1S/C15H24N4OS/c1-5-16-14-13-10(3)11(4)21-15(13)18-12(17-14)9-19(6-2)7-8-20/h20H,5-9H2,1-4H3,(H,16,17,18). The average molecular weight is 308 g/mol. The first-order valence-corrected chi connectivity index (χ1v) is 8.26. The molecule has 0 radical (unpaired) electrons. The number of nitrogens with zero attached hydrogens (tertiary/aromatic N) is 3. The minimum absolute atomic E-state index is 0.160. The number of hydrogen-bond acceptors (Lipinski definition) is 6. The monoisotopic (exact) mass is 308 g/mol. The number of likely N-dealkylation sites (N-methyl/N-ethyl adjacent to an activating group) is 1. The molecule has 21 heavy (non-hydrogen) atoms. The van der Waals surface area contributed by atoms with Gasteiger partial charge in [0.25, 0.3) is 0 Å². The molecule has 0 bridgehead atoms. The zero-order valence-corrected chi connectivity index (χ0v) is 14.0. The summed E-state index contributed by atoms with van der Waals surface area (Å²) in [7, 11) is 0. The Morgan fingerprint density at radius 1 is 1.24 bits per heavy atom. The van der Waals surface area contributed by atoms with Gasteiger partial charge in [-0.15, -0.1) is 11.3 Å². The van der Waals surface area contributed by atoms with E-state index in [0.29, 0.717) is 13.1 Å². The van der Waals surface area contributed by atoms with Crippen LogP contribution >= 0.6 is 11.3 Å². The number of aliphatic hydroxyl groups is 1. The van der Waals surface area contributed by atoms with E-state index in [1.807, 2.05) is 0 Å². The Balaban J connectivity index is 2.41. The third-order valence-corrected chi connectivity index (χ3v) is 4.75. The molecular formula is C15H24N4OS. The Morgan fingerprint density at radius 2 is 2.00 bits per heavy atom. The van der Waals surface area contributed by atoms with Crippen molar-refractivity contribution in [3.8, 4) is 0 Å². The highest BCUT2D eigenvalue weighted by Crippen LogP contribution is 2.33. The van der Waals surface area contributed by atoms with Crippen LogP contribution in [0.2, 0.25) is 0 Å². The van der Waals surface area contributed by atoms with Crippen molar-refractivity contribution in [3.63, 3.8) is 0 Å². The van der Waals surface area contributed by atoms with Gasteiger partial charge in [0.1, 0.15) is 16.5 Å². The van der Waals surface area contributed by atoms with Crippen molar-refractivity contribution in [1.29, 1.82) is 0 Å². The van der Waals surface area contributed by atoms with E-state index in [-0.39, 0.29) is 6.61 Å². The van der Waals surface area contributed by atoms with E-state index in [1.165, 1.54) is 10.4 Å². The van der Waals surface area contributed by atoms with Gasteiger partial charge in [-0.25, -0.2) is 9.97 Å². The largest absolute Gasteiger partial charge is 0.395 e. The molecule has 2 heterocycles. The Morgan fingerprint density at radius 3 is 2.62 bits per heavy atom. The van der Waals surface area contributed by atoms with Gasteiger partial charge in [-0.05, 0) is 32.9 Å². The fraction of sp³-hybridized carbons (Fsp3) is 0.600. The summed E-state index contributed by atoms with van der Waals surface area (Å²) >= 11 is 1.72. The van der Waals surface area contributed by atoms with E-state index in [1.54, 1.807) is 11.3 Å². The number of anilines is 1. The minimum atomic E-state index is 0.160. The highest BCUT2D eigenvalue weighted by molar-refractivity contribution is 7.18. The number of nitrogens with one attached hydrogen (secondary N) is 1. The van der Waals surface area contributed by atoms with Crippen LogP contribution in [0.1, 0.15) is 30.1 Å². The zero-order valence-electron chi connectivity index (χ0n) is 13.2. The van der Waals surface area contributed by atoms with Gasteiger partial charge in [-0.1, -0.05) is 6.92 Å². The molecule has 2 rings (SSSR count). The molecule has 0 aromatic carbocycles. The van der Waals surface area contributed by atoms with Gasteiger partial charge in [0.2, 0.25) is 0 Å². The molecule has 0 saturated heterocycles. The Bertz CT molecular complexity index is 611. The van der Waals surface area contributed by atoms with Gasteiger partial charge < -0.3 is 10.4 Å². The van der Waals surface area contributed by atoms with Gasteiger partial charge in [-0.2, -0.15) is 0 Å². The number of aromatic nitrogens is 2. The summed E-state index contributed by atoms with van der Waals surface area (Å²) in [6.07, 6.45) is 0. The van der Waals surface area contributed by atoms with E-state index in [9.17, 15) is 0 Å². The van der Waals surface area contributed by atoms with Gasteiger partial charge in [0.05, 0.1) is 18.5 Å². The summed E-state index contributed by atoms with van der Waals surface area (Å²) in [5.41, 5.74) is 1.26. The molecule has 0 unspecified atom stereocenters. The number of rotatable bonds is 7. The molecule has 0 aliphatic carbocycles. The normalized spacial score (nSPS) is 11.5. The molecule has 116 valence electrons. The van der Waals surface area contributed by atoms with Crippen LogP contribution < -0.4 is 5.32 Å². The minimum Gasteiger partial charge on any atom is -0.395 e. The van der Waals surface area contributed by atoms with Gasteiger partial charge in [0, 0.05) is 18.0 Å². The third-order valence-electron chi connectivity index (χ3n) is 3.65. The lowest BCUT2D eigenvalue weighted by atomic mass is 10.2. The first-order valence-electron chi connectivity index (χ1n) is 7.44. The van der Waals surface area contributed by atoms with Crippen LogP contribution in [-0.4, -0.2) is 46.2 Å². The van der Waals surface area contributed by atoms with Crippen molar-refractivity contribution in [2.45, 2.75) is 34.2 Å². The van der Waals surface area contributed by atoms with E-state index in [2.05, 4.69) is 37.9 Å². The quantitative estimate of drug-likeness (QED) is 0.823. The summed E-state index contributed by atoms with van der Waals surface area (Å²) in [5.74, 6) is 1.74. The van der Waals surface area contributed by atoms with E-state index in [4.69, 9.17) is 15.1 Å². The molecule has 0 fully saturated rings. The van der Waals surface area contributed by atoms with E-state index >= 15 is 0 Å². The molecule has 2 N–H and O–H groups in total. The maximum Gasteiger partial charge on any atom is 0.146 e. The van der Waals surface area contributed by atoms with Crippen LogP contribution in [-0.2, 0) is 6.54 Å². The molecule has 0 aliphatic rings. The molecule has 2 aromatic heterocycles. The lowest BCUT2D eigenvalue weighted by Gasteiger charge is -2.18. The first kappa shape index (κ1) is 16.1. The molecule has 6 heteroatoms. The highest BCUT2D eigenvalue weighted by Gasteiger charge is 2.15. The number of hydrogen-bond donors (Lipinski definition) is 2. The van der Waals surface area contributed by atoms with E-state index < -0.39 is 0 Å². The van der Waals surface area contributed by atoms with Crippen molar-refractivity contribution in [2.75, 3.05) is 31.6 Å². The van der Waals surface area contributed by atoms with Crippen LogP contribution in [0, 0.1) is 13.8 Å². The first-order chi connectivity index (χ1) is 10.1. The number of aryl methyl sites for hydroxylation is 2. The van der Waals surface area contributed by atoms with Gasteiger partial charge in [0.15, 0.2) is 0 Å². The van der Waals surface area contributed by atoms with Crippen LogP contribution in [0.3, 0.4) is 0 Å². The number of thiophene rings is 1. The number of aliphatic hydroxyl groups excluding tert-OH is 1. The Labute approximate surface area is 130 Å². The van der Waals surface area contributed by atoms with Crippen molar-refractivity contribution in [3.05, 3.63) is 16.3 Å². The molecule has 0 amide bonds. The molecule has 0 atom stereocenters. The third kappa shape index (κ3) is 3.51. The second-order valence-electron chi connectivity index (χ2n) is 5.07. The van der Waals surface area contributed by atoms with Crippen LogP contribution in [0.15, 0.2) is 0 Å². The predicted molar refractivity (Wildman–Crippen MR) is 89.1 cm³/mol. The second kappa shape index (κ2) is 7.15. The van der Waals surface area contributed by atoms with Gasteiger partial charge >= 0.3 is 0 Å². The topological polar surface area (TPSA) is 61.3 Å². The molecule has 2 aromatic rings. The lowest BCUT2D eigenvalue weighted by molar-refractivity contribution is 0.194. The predicted octanol–water partition coefficient (Wildman–Crippen LogP) is 2.55. The van der Waals surface area contributed by atoms with Crippen molar-refractivity contribution < 1.29 is 5.11 Å².